The maximum absolute atomic E-state index is 13.0. The van der Waals surface area contributed by atoms with Crippen molar-refractivity contribution in [1.82, 2.24) is 10.6 Å². The van der Waals surface area contributed by atoms with Crippen LogP contribution in [-0.2, 0) is 4.79 Å². The zero-order valence-electron chi connectivity index (χ0n) is 10.1. The Morgan fingerprint density at radius 2 is 2.42 bits per heavy atom. The third-order valence-corrected chi connectivity index (χ3v) is 3.68. The van der Waals surface area contributed by atoms with Gasteiger partial charge in [-0.05, 0) is 17.7 Å². The van der Waals surface area contributed by atoms with E-state index < -0.39 is 11.9 Å². The predicted molar refractivity (Wildman–Crippen MR) is 75.9 cm³/mol. The Labute approximate surface area is 121 Å². The van der Waals surface area contributed by atoms with Crippen molar-refractivity contribution in [3.05, 3.63) is 35.6 Å². The van der Waals surface area contributed by atoms with Crippen LogP contribution in [0, 0.1) is 5.82 Å². The molecule has 0 saturated carbocycles. The highest BCUT2D eigenvalue weighted by Crippen LogP contribution is 2.14. The van der Waals surface area contributed by atoms with Crippen LogP contribution in [0.4, 0.5) is 4.39 Å². The second-order valence-electron chi connectivity index (χ2n) is 4.09. The van der Waals surface area contributed by atoms with Crippen molar-refractivity contribution in [3.8, 4) is 0 Å². The van der Waals surface area contributed by atoms with Crippen LogP contribution in [-0.4, -0.2) is 35.2 Å². The molecule has 2 atom stereocenters. The van der Waals surface area contributed by atoms with Crippen LogP contribution in [0.1, 0.15) is 11.7 Å². The van der Waals surface area contributed by atoms with E-state index in [9.17, 15) is 14.3 Å². The summed E-state index contributed by atoms with van der Waals surface area (Å²) in [5.41, 5.74) is 0.462. The van der Waals surface area contributed by atoms with E-state index in [1.54, 1.807) is 17.8 Å². The smallest absolute Gasteiger partial charge is 0.238 e. The number of aliphatic hydroxyl groups is 1. The summed E-state index contributed by atoms with van der Waals surface area (Å²) in [5.74, 6) is 0.981. The van der Waals surface area contributed by atoms with Gasteiger partial charge < -0.3 is 10.4 Å². The van der Waals surface area contributed by atoms with Gasteiger partial charge in [0.05, 0.1) is 12.1 Å². The van der Waals surface area contributed by atoms with Crippen molar-refractivity contribution in [1.29, 1.82) is 0 Å². The largest absolute Gasteiger partial charge is 0.387 e. The number of hydrogen-bond donors (Lipinski definition) is 3. The highest BCUT2D eigenvalue weighted by Gasteiger charge is 2.22. The molecule has 1 heterocycles. The summed E-state index contributed by atoms with van der Waals surface area (Å²) in [6, 6.07) is 5.54. The van der Waals surface area contributed by atoms with Crippen LogP contribution >= 0.6 is 24.2 Å². The molecule has 2 rings (SSSR count). The molecule has 0 spiro atoms. The molecule has 1 aromatic carbocycles. The third kappa shape index (κ3) is 4.65. The van der Waals surface area contributed by atoms with Gasteiger partial charge in [0.25, 0.3) is 0 Å². The van der Waals surface area contributed by atoms with E-state index >= 15 is 0 Å². The molecule has 1 aliphatic rings. The van der Waals surface area contributed by atoms with Gasteiger partial charge in [0.2, 0.25) is 5.91 Å². The number of carbonyl (C=O) groups excluding carboxylic acids is 1. The molecule has 0 aromatic heterocycles. The Kier molecular flexibility index (Phi) is 6.57. The summed E-state index contributed by atoms with van der Waals surface area (Å²) in [5, 5.41) is 15.5. The predicted octanol–water partition coefficient (Wildman–Crippen LogP) is 1.06. The van der Waals surface area contributed by atoms with E-state index in [0.717, 1.165) is 11.6 Å². The summed E-state index contributed by atoms with van der Waals surface area (Å²) in [6.45, 7) is 0.0884. The topological polar surface area (TPSA) is 61.4 Å². The zero-order valence-corrected chi connectivity index (χ0v) is 11.8. The van der Waals surface area contributed by atoms with Gasteiger partial charge in [-0.2, -0.15) is 0 Å². The molecule has 0 aliphatic carbocycles. The number of amides is 1. The van der Waals surface area contributed by atoms with Crippen molar-refractivity contribution in [2.75, 3.05) is 18.2 Å². The molecule has 1 amide bonds. The minimum Gasteiger partial charge on any atom is -0.387 e. The number of carbonyl (C=O) groups is 1. The normalized spacial score (nSPS) is 19.6. The maximum Gasteiger partial charge on any atom is 0.238 e. The lowest BCUT2D eigenvalue weighted by Crippen LogP contribution is -2.43. The fraction of sp³-hybridized carbons (Fsp3) is 0.417. The number of nitrogens with one attached hydrogen (secondary N) is 2. The van der Waals surface area contributed by atoms with E-state index in [0.29, 0.717) is 5.56 Å². The Hall–Kier alpha value is -0.820. The third-order valence-electron chi connectivity index (χ3n) is 2.74. The summed E-state index contributed by atoms with van der Waals surface area (Å²) >= 11 is 1.66. The number of benzene rings is 1. The monoisotopic (exact) mass is 306 g/mol. The van der Waals surface area contributed by atoms with Crippen molar-refractivity contribution in [2.45, 2.75) is 12.1 Å². The standard InChI is InChI=1S/C12H15FN2O2S.ClH/c13-9-3-1-2-8(4-9)11(16)5-14-12(17)10-6-18-7-15-10;/h1-4,10-11,15-16H,5-7H2,(H,14,17);1H. The summed E-state index contributed by atoms with van der Waals surface area (Å²) < 4.78 is 13.0. The van der Waals surface area contributed by atoms with E-state index in [-0.39, 0.29) is 30.9 Å². The fourth-order valence-electron chi connectivity index (χ4n) is 1.72. The lowest BCUT2D eigenvalue weighted by molar-refractivity contribution is -0.122. The first-order chi connectivity index (χ1) is 8.66. The Morgan fingerprint density at radius 3 is 3.05 bits per heavy atom. The Morgan fingerprint density at radius 1 is 1.63 bits per heavy atom. The van der Waals surface area contributed by atoms with Gasteiger partial charge in [0, 0.05) is 18.2 Å². The molecule has 2 unspecified atom stereocenters. The van der Waals surface area contributed by atoms with E-state index in [4.69, 9.17) is 0 Å². The van der Waals surface area contributed by atoms with Crippen molar-refractivity contribution < 1.29 is 14.3 Å². The van der Waals surface area contributed by atoms with Crippen LogP contribution < -0.4 is 10.6 Å². The molecular formula is C12H16ClFN2O2S. The number of aliphatic hydroxyl groups excluding tert-OH is 1. The molecule has 7 heteroatoms. The molecule has 3 N–H and O–H groups in total. The average molecular weight is 307 g/mol. The van der Waals surface area contributed by atoms with Crippen molar-refractivity contribution in [2.24, 2.45) is 0 Å². The van der Waals surface area contributed by atoms with Gasteiger partial charge >= 0.3 is 0 Å². The SMILES string of the molecule is Cl.O=C(NCC(O)c1cccc(F)c1)C1CSCN1. The highest BCUT2D eigenvalue weighted by molar-refractivity contribution is 7.99. The molecule has 1 aromatic rings. The minimum atomic E-state index is -0.890. The first kappa shape index (κ1) is 16.2. The Balaban J connectivity index is 0.00000180. The quantitative estimate of drug-likeness (QED) is 0.778. The second-order valence-corrected chi connectivity index (χ2v) is 5.12. The molecule has 0 radical (unpaired) electrons. The van der Waals surface area contributed by atoms with Crippen molar-refractivity contribution in [3.63, 3.8) is 0 Å². The van der Waals surface area contributed by atoms with Crippen LogP contribution in [0.25, 0.3) is 0 Å². The van der Waals surface area contributed by atoms with Gasteiger partial charge in [-0.15, -0.1) is 24.2 Å². The van der Waals surface area contributed by atoms with Gasteiger partial charge in [0.1, 0.15) is 5.82 Å². The Bertz CT molecular complexity index is 430. The molecular weight excluding hydrogens is 291 g/mol. The fourth-order valence-corrected chi connectivity index (χ4v) is 2.66. The lowest BCUT2D eigenvalue weighted by Gasteiger charge is -2.14. The first-order valence-electron chi connectivity index (χ1n) is 5.69. The van der Waals surface area contributed by atoms with Crippen LogP contribution in [0.2, 0.25) is 0 Å². The second kappa shape index (κ2) is 7.69. The summed E-state index contributed by atoms with van der Waals surface area (Å²) in [7, 11) is 0. The molecule has 1 fully saturated rings. The molecule has 19 heavy (non-hydrogen) atoms. The molecule has 1 aliphatic heterocycles. The van der Waals surface area contributed by atoms with Gasteiger partial charge in [0.15, 0.2) is 0 Å². The number of halogens is 2. The summed E-state index contributed by atoms with van der Waals surface area (Å²) in [6.07, 6.45) is -0.890. The highest BCUT2D eigenvalue weighted by atomic mass is 35.5. The van der Waals surface area contributed by atoms with Gasteiger partial charge in [-0.1, -0.05) is 12.1 Å². The van der Waals surface area contributed by atoms with Crippen LogP contribution in [0.3, 0.4) is 0 Å². The maximum atomic E-state index is 13.0. The van der Waals surface area contributed by atoms with Crippen molar-refractivity contribution >= 4 is 30.1 Å². The number of thioether (sulfide) groups is 1. The summed E-state index contributed by atoms with van der Waals surface area (Å²) in [4.78, 5) is 11.7. The lowest BCUT2D eigenvalue weighted by atomic mass is 10.1. The van der Waals surface area contributed by atoms with Gasteiger partial charge in [-0.3, -0.25) is 10.1 Å². The van der Waals surface area contributed by atoms with E-state index in [1.807, 2.05) is 0 Å². The number of hydrogen-bond acceptors (Lipinski definition) is 4. The molecule has 0 bridgehead atoms. The van der Waals surface area contributed by atoms with Crippen LogP contribution in [0.5, 0.6) is 0 Å². The molecule has 4 nitrogen and oxygen atoms in total. The molecule has 106 valence electrons. The first-order valence-corrected chi connectivity index (χ1v) is 6.84. The zero-order chi connectivity index (χ0) is 13.0. The van der Waals surface area contributed by atoms with E-state index in [2.05, 4.69) is 10.6 Å². The van der Waals surface area contributed by atoms with Crippen LogP contribution in [0.15, 0.2) is 24.3 Å². The average Bonchev–Trinajstić information content (AvgIpc) is 2.89. The minimum absolute atomic E-state index is 0. The van der Waals surface area contributed by atoms with Gasteiger partial charge in [-0.25, -0.2) is 4.39 Å². The molecule has 1 saturated heterocycles. The van der Waals surface area contributed by atoms with E-state index in [1.165, 1.54) is 18.2 Å². The number of rotatable bonds is 4.